The third-order valence-electron chi connectivity index (χ3n) is 4.35. The highest BCUT2D eigenvalue weighted by Crippen LogP contribution is 2.37. The van der Waals surface area contributed by atoms with Gasteiger partial charge in [0.2, 0.25) is 0 Å². The van der Waals surface area contributed by atoms with Crippen LogP contribution in [0.2, 0.25) is 18.1 Å². The van der Waals surface area contributed by atoms with Crippen LogP contribution in [0.25, 0.3) is 0 Å². The van der Waals surface area contributed by atoms with E-state index in [1.807, 2.05) is 25.0 Å². The largest absolute Gasteiger partial charge is 0.466 e. The van der Waals surface area contributed by atoms with Gasteiger partial charge in [-0.2, -0.15) is 0 Å². The SMILES string of the molecule is C#CC(=O)OCC#CC(CCc1ccc(C)o1)O[Si](C)(C)C(C)(C)C. The zero-order valence-electron chi connectivity index (χ0n) is 16.1. The highest BCUT2D eigenvalue weighted by atomic mass is 28.4. The smallest absolute Gasteiger partial charge is 0.385 e. The number of carbonyl (C=O) groups is 1. The lowest BCUT2D eigenvalue weighted by molar-refractivity contribution is -0.135. The van der Waals surface area contributed by atoms with Crippen LogP contribution in [0.4, 0.5) is 0 Å². The predicted octanol–water partition coefficient (Wildman–Crippen LogP) is 4.09. The molecular formula is C20H28O4Si. The molecule has 0 radical (unpaired) electrons. The fourth-order valence-electron chi connectivity index (χ4n) is 1.88. The molecule has 0 aliphatic heterocycles. The van der Waals surface area contributed by atoms with Gasteiger partial charge in [0.05, 0.1) is 0 Å². The summed E-state index contributed by atoms with van der Waals surface area (Å²) in [6.45, 7) is 12.8. The first-order valence-electron chi connectivity index (χ1n) is 8.40. The molecule has 1 heterocycles. The Labute approximate surface area is 152 Å². The number of esters is 1. The topological polar surface area (TPSA) is 48.7 Å². The number of carbonyl (C=O) groups excluding carboxylic acids is 1. The minimum absolute atomic E-state index is 0.0275. The van der Waals surface area contributed by atoms with Crippen LogP contribution in [-0.2, 0) is 20.4 Å². The quantitative estimate of drug-likeness (QED) is 0.332. The first kappa shape index (κ1) is 21.1. The Bertz CT molecular complexity index is 677. The van der Waals surface area contributed by atoms with E-state index in [1.54, 1.807) is 0 Å². The van der Waals surface area contributed by atoms with Crippen molar-refractivity contribution in [2.75, 3.05) is 6.61 Å². The maximum Gasteiger partial charge on any atom is 0.385 e. The molecule has 0 saturated heterocycles. The lowest BCUT2D eigenvalue weighted by atomic mass is 10.2. The molecule has 0 bridgehead atoms. The molecule has 5 heteroatoms. The highest BCUT2D eigenvalue weighted by molar-refractivity contribution is 6.74. The Balaban J connectivity index is 2.77. The van der Waals surface area contributed by atoms with Gasteiger partial charge >= 0.3 is 5.97 Å². The summed E-state index contributed by atoms with van der Waals surface area (Å²) in [4.78, 5) is 11.0. The van der Waals surface area contributed by atoms with Gasteiger partial charge in [0, 0.05) is 12.3 Å². The number of rotatable bonds is 6. The first-order chi connectivity index (χ1) is 11.5. The molecule has 1 rings (SSSR count). The van der Waals surface area contributed by atoms with E-state index >= 15 is 0 Å². The molecule has 4 nitrogen and oxygen atoms in total. The molecular weight excluding hydrogens is 332 g/mol. The van der Waals surface area contributed by atoms with Crippen molar-refractivity contribution >= 4 is 14.3 Å². The molecule has 25 heavy (non-hydrogen) atoms. The molecule has 0 amide bonds. The second-order valence-corrected chi connectivity index (χ2v) is 12.2. The Hall–Kier alpha value is -1.95. The normalized spacial score (nSPS) is 12.7. The molecule has 0 saturated carbocycles. The predicted molar refractivity (Wildman–Crippen MR) is 101 cm³/mol. The molecule has 0 N–H and O–H groups in total. The summed E-state index contributed by atoms with van der Waals surface area (Å²) in [6.07, 6.45) is 6.18. The molecule has 0 aliphatic carbocycles. The summed E-state index contributed by atoms with van der Waals surface area (Å²) in [5, 5.41) is 0.0874. The van der Waals surface area contributed by atoms with Gasteiger partial charge < -0.3 is 13.6 Å². The standard InChI is InChI=1S/C20H28O4Si/c1-8-19(21)22-15-9-10-18(24-25(6,7)20(3,4)5)14-13-17-12-11-16(2)23-17/h1,11-12,18H,13-15H2,2-7H3. The van der Waals surface area contributed by atoms with E-state index in [4.69, 9.17) is 20.0 Å². The average Bonchev–Trinajstić information content (AvgIpc) is 2.92. The van der Waals surface area contributed by atoms with Crippen LogP contribution in [-0.4, -0.2) is 27.0 Å². The van der Waals surface area contributed by atoms with Crippen molar-refractivity contribution in [3.63, 3.8) is 0 Å². The number of hydrogen-bond acceptors (Lipinski definition) is 4. The second-order valence-electron chi connectivity index (χ2n) is 7.46. The van der Waals surface area contributed by atoms with Gasteiger partial charge in [0.15, 0.2) is 14.9 Å². The van der Waals surface area contributed by atoms with Crippen molar-refractivity contribution in [1.82, 2.24) is 0 Å². The van der Waals surface area contributed by atoms with Crippen molar-refractivity contribution in [1.29, 1.82) is 0 Å². The average molecular weight is 361 g/mol. The van der Waals surface area contributed by atoms with Gasteiger partial charge in [0.1, 0.15) is 17.6 Å². The van der Waals surface area contributed by atoms with E-state index in [0.717, 1.165) is 24.4 Å². The summed E-state index contributed by atoms with van der Waals surface area (Å²) >= 11 is 0. The Morgan fingerprint density at radius 2 is 2.04 bits per heavy atom. The van der Waals surface area contributed by atoms with Crippen molar-refractivity contribution in [2.45, 2.75) is 64.8 Å². The number of hydrogen-bond donors (Lipinski definition) is 0. The molecule has 1 atom stereocenters. The molecule has 0 aromatic carbocycles. The second kappa shape index (κ2) is 8.94. The maximum absolute atomic E-state index is 11.0. The highest BCUT2D eigenvalue weighted by Gasteiger charge is 2.38. The summed E-state index contributed by atoms with van der Waals surface area (Å²) < 4.78 is 16.8. The molecule has 1 aromatic rings. The van der Waals surface area contributed by atoms with Crippen LogP contribution in [0.3, 0.4) is 0 Å². The lowest BCUT2D eigenvalue weighted by Gasteiger charge is -2.38. The van der Waals surface area contributed by atoms with Crippen molar-refractivity contribution in [2.24, 2.45) is 0 Å². The summed E-state index contributed by atoms with van der Waals surface area (Å²) in [5.74, 6) is 8.92. The minimum Gasteiger partial charge on any atom is -0.466 e. The zero-order chi connectivity index (χ0) is 19.1. The monoisotopic (exact) mass is 360 g/mol. The first-order valence-corrected chi connectivity index (χ1v) is 11.3. The molecule has 136 valence electrons. The summed E-state index contributed by atoms with van der Waals surface area (Å²) in [5.41, 5.74) is 0. The van der Waals surface area contributed by atoms with E-state index in [1.165, 1.54) is 0 Å². The lowest BCUT2D eigenvalue weighted by Crippen LogP contribution is -2.43. The van der Waals surface area contributed by atoms with Gasteiger partial charge in [-0.1, -0.05) is 32.6 Å². The number of aryl methyl sites for hydroxylation is 2. The van der Waals surface area contributed by atoms with E-state index < -0.39 is 14.3 Å². The molecule has 1 unspecified atom stereocenters. The summed E-state index contributed by atoms with van der Waals surface area (Å²) in [7, 11) is -1.96. The van der Waals surface area contributed by atoms with Crippen LogP contribution in [0.15, 0.2) is 16.5 Å². The van der Waals surface area contributed by atoms with Gasteiger partial charge in [-0.25, -0.2) is 4.79 Å². The van der Waals surface area contributed by atoms with Crippen molar-refractivity contribution in [3.8, 4) is 24.2 Å². The van der Waals surface area contributed by atoms with Crippen LogP contribution in [0.1, 0.15) is 38.7 Å². The molecule has 0 aliphatic rings. The van der Waals surface area contributed by atoms with E-state index in [-0.39, 0.29) is 17.7 Å². The van der Waals surface area contributed by atoms with Crippen molar-refractivity contribution in [3.05, 3.63) is 23.7 Å². The van der Waals surface area contributed by atoms with Crippen LogP contribution in [0, 0.1) is 31.1 Å². The number of furan rings is 1. The van der Waals surface area contributed by atoms with Crippen molar-refractivity contribution < 1.29 is 18.4 Å². The third-order valence-corrected chi connectivity index (χ3v) is 8.83. The minimum atomic E-state index is -1.96. The maximum atomic E-state index is 11.0. The number of terminal acetylenes is 1. The Morgan fingerprint density at radius 3 is 2.56 bits per heavy atom. The van der Waals surface area contributed by atoms with Crippen LogP contribution >= 0.6 is 0 Å². The number of ether oxygens (including phenoxy) is 1. The van der Waals surface area contributed by atoms with Gasteiger partial charge in [-0.05, 0) is 43.6 Å². The van der Waals surface area contributed by atoms with Gasteiger partial charge in [-0.3, -0.25) is 0 Å². The fraction of sp³-hybridized carbons (Fsp3) is 0.550. The van der Waals surface area contributed by atoms with E-state index in [2.05, 4.69) is 45.7 Å². The van der Waals surface area contributed by atoms with Gasteiger partial charge in [0.25, 0.3) is 0 Å². The Kier molecular flexibility index (Phi) is 7.54. The molecule has 1 aromatic heterocycles. The van der Waals surface area contributed by atoms with Gasteiger partial charge in [-0.15, -0.1) is 6.42 Å². The molecule has 0 fully saturated rings. The fourth-order valence-corrected chi connectivity index (χ4v) is 3.13. The van der Waals surface area contributed by atoms with Crippen LogP contribution < -0.4 is 0 Å². The van der Waals surface area contributed by atoms with Crippen LogP contribution in [0.5, 0.6) is 0 Å². The van der Waals surface area contributed by atoms with E-state index in [0.29, 0.717) is 0 Å². The summed E-state index contributed by atoms with van der Waals surface area (Å²) in [6, 6.07) is 3.92. The molecule has 0 spiro atoms. The van der Waals surface area contributed by atoms with E-state index in [9.17, 15) is 4.79 Å². The third kappa shape index (κ3) is 7.21. The zero-order valence-corrected chi connectivity index (χ0v) is 17.1. The Morgan fingerprint density at radius 1 is 1.36 bits per heavy atom.